The average molecular weight is 1470 g/mol. The van der Waals surface area contributed by atoms with Crippen molar-refractivity contribution in [2.24, 2.45) is 11.8 Å². The number of rotatable bonds is 80. The summed E-state index contributed by atoms with van der Waals surface area (Å²) in [5.41, 5.74) is 0. The maximum atomic E-state index is 13.1. The topological polar surface area (TPSA) is 237 Å². The summed E-state index contributed by atoms with van der Waals surface area (Å²) in [6.45, 7) is 9.65. The minimum absolute atomic E-state index is 0.107. The molecule has 0 amide bonds. The third-order valence-electron chi connectivity index (χ3n) is 19.7. The normalized spacial score (nSPS) is 14.4. The molecular weight excluding hydrogens is 1310 g/mol. The monoisotopic (exact) mass is 1470 g/mol. The SMILES string of the molecule is CCCCCCCCCCCCCCCCCCCCCCC(=O)O[C@H](COC(=O)CCCCCCCCCCCCCCCCC(C)CC)COP(=O)(O)OC[C@@H](O)COP(=O)(O)OC[C@@H](COC(=O)CCCCCCCCC(C)CC)OC(=O)CCCCCCCCCCCCCC. The second kappa shape index (κ2) is 72.6. The van der Waals surface area contributed by atoms with Crippen molar-refractivity contribution in [2.45, 2.75) is 445 Å². The molecule has 0 heterocycles. The molecular formula is C81H158O17P2. The average Bonchev–Trinajstić information content (AvgIpc) is 0.942. The Morgan fingerprint density at radius 3 is 0.710 bits per heavy atom. The number of esters is 4. The van der Waals surface area contributed by atoms with Crippen molar-refractivity contribution in [3.63, 3.8) is 0 Å². The van der Waals surface area contributed by atoms with E-state index in [2.05, 4.69) is 41.5 Å². The van der Waals surface area contributed by atoms with E-state index >= 15 is 0 Å². The highest BCUT2D eigenvalue weighted by Crippen LogP contribution is 2.45. The second-order valence-electron chi connectivity index (χ2n) is 29.6. The van der Waals surface area contributed by atoms with Crippen LogP contribution in [-0.4, -0.2) is 96.7 Å². The molecule has 0 aliphatic rings. The van der Waals surface area contributed by atoms with E-state index in [9.17, 15) is 43.2 Å². The maximum absolute atomic E-state index is 13.1. The summed E-state index contributed by atoms with van der Waals surface area (Å²) in [6.07, 6.45) is 62.4. The molecule has 0 fully saturated rings. The van der Waals surface area contributed by atoms with Crippen LogP contribution in [0.25, 0.3) is 0 Å². The van der Waals surface area contributed by atoms with Crippen molar-refractivity contribution in [1.82, 2.24) is 0 Å². The van der Waals surface area contributed by atoms with Crippen molar-refractivity contribution in [2.75, 3.05) is 39.6 Å². The summed E-state index contributed by atoms with van der Waals surface area (Å²) >= 11 is 0. The van der Waals surface area contributed by atoms with E-state index in [1.54, 1.807) is 0 Å². The zero-order valence-corrected chi connectivity index (χ0v) is 67.3. The van der Waals surface area contributed by atoms with Crippen molar-refractivity contribution in [3.8, 4) is 0 Å². The van der Waals surface area contributed by atoms with Crippen LogP contribution in [0.15, 0.2) is 0 Å². The number of phosphoric acid groups is 2. The summed E-state index contributed by atoms with van der Waals surface area (Å²) in [7, 11) is -9.92. The Kier molecular flexibility index (Phi) is 71.2. The highest BCUT2D eigenvalue weighted by atomic mass is 31.2. The smallest absolute Gasteiger partial charge is 0.462 e. The molecule has 0 saturated carbocycles. The molecule has 0 aromatic heterocycles. The first-order chi connectivity index (χ1) is 48.4. The second-order valence-corrected chi connectivity index (χ2v) is 32.6. The molecule has 100 heavy (non-hydrogen) atoms. The lowest BCUT2D eigenvalue weighted by molar-refractivity contribution is -0.161. The summed E-state index contributed by atoms with van der Waals surface area (Å²) in [5, 5.41) is 10.6. The maximum Gasteiger partial charge on any atom is 0.472 e. The van der Waals surface area contributed by atoms with Gasteiger partial charge in [0.1, 0.15) is 19.3 Å². The minimum atomic E-state index is -4.96. The van der Waals surface area contributed by atoms with E-state index in [0.29, 0.717) is 25.7 Å². The van der Waals surface area contributed by atoms with E-state index in [4.69, 9.17) is 37.0 Å². The van der Waals surface area contributed by atoms with Gasteiger partial charge in [0.05, 0.1) is 26.4 Å². The third-order valence-corrected chi connectivity index (χ3v) is 21.6. The van der Waals surface area contributed by atoms with Crippen LogP contribution < -0.4 is 0 Å². The van der Waals surface area contributed by atoms with Gasteiger partial charge in [0, 0.05) is 25.7 Å². The van der Waals surface area contributed by atoms with Gasteiger partial charge in [0.25, 0.3) is 0 Å². The van der Waals surface area contributed by atoms with Gasteiger partial charge in [-0.2, -0.15) is 0 Å². The number of hydrogen-bond donors (Lipinski definition) is 3. The molecule has 17 nitrogen and oxygen atoms in total. The van der Waals surface area contributed by atoms with Gasteiger partial charge >= 0.3 is 39.5 Å². The van der Waals surface area contributed by atoms with Crippen molar-refractivity contribution in [3.05, 3.63) is 0 Å². The third kappa shape index (κ3) is 71.7. The van der Waals surface area contributed by atoms with Crippen LogP contribution in [-0.2, 0) is 65.4 Å². The molecule has 3 N–H and O–H groups in total. The van der Waals surface area contributed by atoms with Crippen LogP contribution in [0.5, 0.6) is 0 Å². The number of unbranched alkanes of at least 4 members (excludes halogenated alkanes) is 48. The fraction of sp³-hybridized carbons (Fsp3) is 0.951. The van der Waals surface area contributed by atoms with Gasteiger partial charge in [-0.25, -0.2) is 9.13 Å². The molecule has 0 aromatic carbocycles. The molecule has 0 radical (unpaired) electrons. The zero-order valence-electron chi connectivity index (χ0n) is 65.5. The van der Waals surface area contributed by atoms with Gasteiger partial charge in [-0.15, -0.1) is 0 Å². The van der Waals surface area contributed by atoms with Crippen molar-refractivity contribution >= 4 is 39.5 Å². The van der Waals surface area contributed by atoms with Crippen LogP contribution in [0.4, 0.5) is 0 Å². The molecule has 0 spiro atoms. The van der Waals surface area contributed by atoms with E-state index < -0.39 is 97.5 Å². The van der Waals surface area contributed by atoms with Gasteiger partial charge in [-0.05, 0) is 37.5 Å². The molecule has 7 atom stereocenters. The lowest BCUT2D eigenvalue weighted by atomic mass is 9.99. The van der Waals surface area contributed by atoms with Crippen LogP contribution in [0, 0.1) is 11.8 Å². The molecule has 0 aromatic rings. The van der Waals surface area contributed by atoms with Gasteiger partial charge in [0.2, 0.25) is 0 Å². The highest BCUT2D eigenvalue weighted by Gasteiger charge is 2.30. The lowest BCUT2D eigenvalue weighted by Crippen LogP contribution is -2.30. The number of carbonyl (C=O) groups excluding carboxylic acids is 4. The Morgan fingerprint density at radius 2 is 0.480 bits per heavy atom. The molecule has 0 saturated heterocycles. The molecule has 594 valence electrons. The summed E-state index contributed by atoms with van der Waals surface area (Å²) in [4.78, 5) is 73.0. The zero-order chi connectivity index (χ0) is 73.5. The highest BCUT2D eigenvalue weighted by molar-refractivity contribution is 7.47. The predicted octanol–water partition coefficient (Wildman–Crippen LogP) is 24.3. The molecule has 19 heteroatoms. The van der Waals surface area contributed by atoms with E-state index in [-0.39, 0.29) is 25.7 Å². The first-order valence-corrected chi connectivity index (χ1v) is 45.1. The van der Waals surface area contributed by atoms with Crippen LogP contribution in [0.1, 0.15) is 427 Å². The summed E-state index contributed by atoms with van der Waals surface area (Å²) in [5.74, 6) is -0.528. The van der Waals surface area contributed by atoms with Crippen LogP contribution in [0.2, 0.25) is 0 Å². The van der Waals surface area contributed by atoms with E-state index in [0.717, 1.165) is 108 Å². The van der Waals surface area contributed by atoms with E-state index in [1.807, 2.05) is 0 Å². The molecule has 4 unspecified atom stereocenters. The Morgan fingerprint density at radius 1 is 0.280 bits per heavy atom. The molecule has 0 aliphatic heterocycles. The first kappa shape index (κ1) is 98.1. The first-order valence-electron chi connectivity index (χ1n) is 42.1. The molecule has 0 bridgehead atoms. The Hall–Kier alpha value is -1.94. The Labute approximate surface area is 613 Å². The largest absolute Gasteiger partial charge is 0.472 e. The van der Waals surface area contributed by atoms with Gasteiger partial charge in [-0.3, -0.25) is 37.3 Å². The quantitative estimate of drug-likeness (QED) is 0.0222. The van der Waals surface area contributed by atoms with Crippen molar-refractivity contribution < 1.29 is 80.2 Å². The number of hydrogen-bond acceptors (Lipinski definition) is 15. The summed E-state index contributed by atoms with van der Waals surface area (Å²) < 4.78 is 68.7. The Bertz CT molecular complexity index is 1930. The van der Waals surface area contributed by atoms with Crippen LogP contribution in [0.3, 0.4) is 0 Å². The van der Waals surface area contributed by atoms with Gasteiger partial charge < -0.3 is 33.8 Å². The molecule has 0 rings (SSSR count). The number of aliphatic hydroxyl groups is 1. The van der Waals surface area contributed by atoms with Crippen LogP contribution >= 0.6 is 15.6 Å². The van der Waals surface area contributed by atoms with E-state index in [1.165, 1.54) is 238 Å². The number of phosphoric ester groups is 2. The predicted molar refractivity (Wildman–Crippen MR) is 409 cm³/mol. The lowest BCUT2D eigenvalue weighted by Gasteiger charge is -2.21. The fourth-order valence-corrected chi connectivity index (χ4v) is 14.1. The van der Waals surface area contributed by atoms with Gasteiger partial charge in [0.15, 0.2) is 12.2 Å². The van der Waals surface area contributed by atoms with Crippen molar-refractivity contribution in [1.29, 1.82) is 0 Å². The standard InChI is InChI=1S/C81H158O17P2/c1-7-11-13-15-17-19-21-23-24-25-26-27-28-29-34-38-42-46-54-60-66-81(86)97-76(69-91-78(83)63-57-51-44-40-37-33-31-30-32-35-39-43-49-55-61-73(5)9-3)71-95-99(87,88)93-67-75(82)68-94-100(89,90)96-72-77(70-92-79(84)64-58-52-48-47-50-56-62-74(6)10-4)98-80(85)65-59-53-45-41-36-22-20-18-16-14-12-8-2/h73-77,82H,7-72H2,1-6H3,(H,87,88)(H,89,90)/t73?,74?,75-,76-,77-/m1/s1. The number of carbonyl (C=O) groups is 4. The summed E-state index contributed by atoms with van der Waals surface area (Å²) in [6, 6.07) is 0. The number of aliphatic hydroxyl groups excluding tert-OH is 1. The fourth-order valence-electron chi connectivity index (χ4n) is 12.5. The molecule has 0 aliphatic carbocycles. The van der Waals surface area contributed by atoms with Gasteiger partial charge in [-0.1, -0.05) is 375 Å². The number of ether oxygens (including phenoxy) is 4. The Balaban J connectivity index is 5.23. The minimum Gasteiger partial charge on any atom is -0.462 e.